The molecule has 0 aliphatic rings. The topological polar surface area (TPSA) is 58.9 Å². The van der Waals surface area contributed by atoms with Crippen molar-refractivity contribution in [1.29, 1.82) is 0 Å². The first-order chi connectivity index (χ1) is 4.85. The molecule has 1 unspecified atom stereocenters. The van der Waals surface area contributed by atoms with Gasteiger partial charge in [0.15, 0.2) is 0 Å². The lowest BCUT2D eigenvalue weighted by Crippen LogP contribution is -2.24. The summed E-state index contributed by atoms with van der Waals surface area (Å²) in [5, 5.41) is 16.9. The van der Waals surface area contributed by atoms with Gasteiger partial charge in [0.25, 0.3) is 0 Å². The van der Waals surface area contributed by atoms with Gasteiger partial charge in [0.1, 0.15) is 6.10 Å². The zero-order valence-corrected chi connectivity index (χ0v) is 6.12. The predicted octanol–water partition coefficient (Wildman–Crippen LogP) is -0.997. The zero-order valence-electron chi connectivity index (χ0n) is 6.12. The SMILES string of the molecule is COCC(CO)OCCO. The Morgan fingerprint density at radius 2 is 2.10 bits per heavy atom. The van der Waals surface area contributed by atoms with Crippen LogP contribution in [0.3, 0.4) is 0 Å². The average molecular weight is 150 g/mol. The molecule has 0 aromatic rings. The highest BCUT2D eigenvalue weighted by Crippen LogP contribution is 1.90. The van der Waals surface area contributed by atoms with E-state index in [4.69, 9.17) is 19.7 Å². The highest BCUT2D eigenvalue weighted by molar-refractivity contribution is 4.52. The van der Waals surface area contributed by atoms with Gasteiger partial charge in [-0.3, -0.25) is 0 Å². The highest BCUT2D eigenvalue weighted by Gasteiger charge is 2.04. The Labute approximate surface area is 60.4 Å². The van der Waals surface area contributed by atoms with Crippen LogP contribution in [0.15, 0.2) is 0 Å². The summed E-state index contributed by atoms with van der Waals surface area (Å²) in [4.78, 5) is 0. The van der Waals surface area contributed by atoms with E-state index in [-0.39, 0.29) is 25.9 Å². The van der Waals surface area contributed by atoms with Gasteiger partial charge in [-0.05, 0) is 0 Å². The predicted molar refractivity (Wildman–Crippen MR) is 35.8 cm³/mol. The maximum Gasteiger partial charge on any atom is 0.104 e. The van der Waals surface area contributed by atoms with Gasteiger partial charge in [-0.15, -0.1) is 0 Å². The van der Waals surface area contributed by atoms with E-state index in [1.165, 1.54) is 7.11 Å². The van der Waals surface area contributed by atoms with Gasteiger partial charge in [-0.2, -0.15) is 0 Å². The van der Waals surface area contributed by atoms with Crippen molar-refractivity contribution in [2.75, 3.05) is 33.5 Å². The van der Waals surface area contributed by atoms with Crippen LogP contribution < -0.4 is 0 Å². The summed E-state index contributed by atoms with van der Waals surface area (Å²) in [6.45, 7) is 0.499. The number of aliphatic hydroxyl groups excluding tert-OH is 2. The van der Waals surface area contributed by atoms with E-state index in [1.807, 2.05) is 0 Å². The fourth-order valence-electron chi connectivity index (χ4n) is 0.559. The largest absolute Gasteiger partial charge is 0.394 e. The second-order valence-corrected chi connectivity index (χ2v) is 1.85. The van der Waals surface area contributed by atoms with Gasteiger partial charge in [0.05, 0.1) is 26.4 Å². The fraction of sp³-hybridized carbons (Fsp3) is 1.00. The Bertz CT molecular complexity index is 66.8. The number of aliphatic hydroxyl groups is 2. The lowest BCUT2D eigenvalue weighted by Gasteiger charge is -2.12. The third-order valence-electron chi connectivity index (χ3n) is 1.00. The summed E-state index contributed by atoms with van der Waals surface area (Å²) in [5.74, 6) is 0. The van der Waals surface area contributed by atoms with Crippen molar-refractivity contribution in [3.05, 3.63) is 0 Å². The van der Waals surface area contributed by atoms with Crippen LogP contribution in [-0.4, -0.2) is 49.9 Å². The minimum Gasteiger partial charge on any atom is -0.394 e. The smallest absolute Gasteiger partial charge is 0.104 e. The normalized spacial score (nSPS) is 13.5. The second kappa shape index (κ2) is 6.95. The molecule has 0 amide bonds. The van der Waals surface area contributed by atoms with Gasteiger partial charge in [-0.1, -0.05) is 0 Å². The first kappa shape index (κ1) is 9.84. The van der Waals surface area contributed by atoms with Gasteiger partial charge in [0.2, 0.25) is 0 Å². The third kappa shape index (κ3) is 4.69. The molecule has 62 valence electrons. The second-order valence-electron chi connectivity index (χ2n) is 1.85. The Balaban J connectivity index is 3.21. The molecule has 0 radical (unpaired) electrons. The molecule has 10 heavy (non-hydrogen) atoms. The Hall–Kier alpha value is -0.160. The first-order valence-corrected chi connectivity index (χ1v) is 3.17. The molecule has 0 aliphatic heterocycles. The molecule has 0 bridgehead atoms. The van der Waals surface area contributed by atoms with Crippen LogP contribution in [0.25, 0.3) is 0 Å². The lowest BCUT2D eigenvalue weighted by atomic mass is 10.4. The van der Waals surface area contributed by atoms with Crippen LogP contribution in [0.2, 0.25) is 0 Å². The van der Waals surface area contributed by atoms with Gasteiger partial charge in [-0.25, -0.2) is 0 Å². The van der Waals surface area contributed by atoms with Crippen molar-refractivity contribution in [2.24, 2.45) is 0 Å². The lowest BCUT2D eigenvalue weighted by molar-refractivity contribution is -0.0411. The van der Waals surface area contributed by atoms with E-state index in [9.17, 15) is 0 Å². The standard InChI is InChI=1S/C6H14O4/c1-9-5-6(4-8)10-3-2-7/h6-8H,2-5H2,1H3. The van der Waals surface area contributed by atoms with Crippen LogP contribution in [0.1, 0.15) is 0 Å². The van der Waals surface area contributed by atoms with Crippen molar-refractivity contribution in [3.63, 3.8) is 0 Å². The van der Waals surface area contributed by atoms with Crippen molar-refractivity contribution in [1.82, 2.24) is 0 Å². The van der Waals surface area contributed by atoms with Crippen LogP contribution in [-0.2, 0) is 9.47 Å². The molecule has 4 heteroatoms. The minimum absolute atomic E-state index is 0.0276. The van der Waals surface area contributed by atoms with Crippen molar-refractivity contribution < 1.29 is 19.7 Å². The van der Waals surface area contributed by atoms with Crippen LogP contribution in [0.4, 0.5) is 0 Å². The highest BCUT2D eigenvalue weighted by atomic mass is 16.5. The van der Waals surface area contributed by atoms with E-state index >= 15 is 0 Å². The van der Waals surface area contributed by atoms with E-state index in [1.54, 1.807) is 0 Å². The molecule has 0 fully saturated rings. The molecular formula is C6H14O4. The van der Waals surface area contributed by atoms with Gasteiger partial charge in [0, 0.05) is 7.11 Å². The molecule has 0 spiro atoms. The number of methoxy groups -OCH3 is 1. The van der Waals surface area contributed by atoms with Crippen LogP contribution in [0, 0.1) is 0 Å². The molecular weight excluding hydrogens is 136 g/mol. The summed E-state index contributed by atoms with van der Waals surface area (Å²) in [5.41, 5.74) is 0. The molecule has 0 aromatic carbocycles. The summed E-state index contributed by atoms with van der Waals surface area (Å²) in [7, 11) is 1.53. The van der Waals surface area contributed by atoms with Crippen molar-refractivity contribution in [2.45, 2.75) is 6.10 Å². The molecule has 0 aromatic heterocycles. The molecule has 1 atom stereocenters. The van der Waals surface area contributed by atoms with E-state index in [0.29, 0.717) is 6.61 Å². The maximum atomic E-state index is 8.60. The Kier molecular flexibility index (Phi) is 6.84. The summed E-state index contributed by atoms with van der Waals surface area (Å²) < 4.78 is 9.68. The first-order valence-electron chi connectivity index (χ1n) is 3.17. The number of hydrogen-bond donors (Lipinski definition) is 2. The van der Waals surface area contributed by atoms with E-state index < -0.39 is 0 Å². The summed E-state index contributed by atoms with van der Waals surface area (Å²) >= 11 is 0. The van der Waals surface area contributed by atoms with Crippen LogP contribution >= 0.6 is 0 Å². The molecule has 0 rings (SSSR count). The summed E-state index contributed by atoms with van der Waals surface area (Å²) in [6, 6.07) is 0. The monoisotopic (exact) mass is 150 g/mol. The molecule has 0 saturated heterocycles. The molecule has 0 heterocycles. The van der Waals surface area contributed by atoms with Gasteiger partial charge < -0.3 is 19.7 Å². The van der Waals surface area contributed by atoms with E-state index in [2.05, 4.69) is 0 Å². The molecule has 0 aliphatic carbocycles. The summed E-state index contributed by atoms with van der Waals surface area (Å²) in [6.07, 6.45) is -0.308. The maximum absolute atomic E-state index is 8.60. The third-order valence-corrected chi connectivity index (χ3v) is 1.00. The molecule has 2 N–H and O–H groups in total. The zero-order chi connectivity index (χ0) is 7.82. The quantitative estimate of drug-likeness (QED) is 0.510. The van der Waals surface area contributed by atoms with E-state index in [0.717, 1.165) is 0 Å². The molecule has 4 nitrogen and oxygen atoms in total. The Morgan fingerprint density at radius 1 is 1.40 bits per heavy atom. The number of ether oxygens (including phenoxy) is 2. The minimum atomic E-state index is -0.308. The Morgan fingerprint density at radius 3 is 2.50 bits per heavy atom. The van der Waals surface area contributed by atoms with Crippen LogP contribution in [0.5, 0.6) is 0 Å². The van der Waals surface area contributed by atoms with Crippen molar-refractivity contribution in [3.8, 4) is 0 Å². The number of hydrogen-bond acceptors (Lipinski definition) is 4. The number of rotatable bonds is 6. The molecule has 0 saturated carbocycles. The van der Waals surface area contributed by atoms with Crippen molar-refractivity contribution >= 4 is 0 Å². The van der Waals surface area contributed by atoms with Gasteiger partial charge >= 0.3 is 0 Å². The fourth-order valence-corrected chi connectivity index (χ4v) is 0.559. The average Bonchev–Trinajstić information content (AvgIpc) is 1.98.